The van der Waals surface area contributed by atoms with Crippen molar-refractivity contribution in [3.8, 4) is 0 Å². The molecule has 0 saturated heterocycles. The number of H-pyrrole nitrogens is 1. The van der Waals surface area contributed by atoms with Gasteiger partial charge >= 0.3 is 6.18 Å². The van der Waals surface area contributed by atoms with Crippen molar-refractivity contribution in [3.63, 3.8) is 0 Å². The first-order valence-corrected chi connectivity index (χ1v) is 9.39. The Morgan fingerprint density at radius 3 is 2.77 bits per heavy atom. The molecule has 3 heterocycles. The highest BCUT2D eigenvalue weighted by Crippen LogP contribution is 2.43. The van der Waals surface area contributed by atoms with Crippen molar-refractivity contribution in [3.05, 3.63) is 32.1 Å². The Morgan fingerprint density at radius 1 is 1.38 bits per heavy atom. The highest BCUT2D eigenvalue weighted by Gasteiger charge is 2.37. The summed E-state index contributed by atoms with van der Waals surface area (Å²) in [5.41, 5.74) is 7.36. The van der Waals surface area contributed by atoms with Crippen molar-refractivity contribution < 1.29 is 13.2 Å². The SMILES string of the molecule is Cc1c(CN(CCCN)c2nc3nnccc3[nH]2)sc(C(F)(F)F)c1Br. The van der Waals surface area contributed by atoms with E-state index in [-0.39, 0.29) is 4.47 Å². The van der Waals surface area contributed by atoms with Gasteiger partial charge in [-0.3, -0.25) is 0 Å². The van der Waals surface area contributed by atoms with Gasteiger partial charge in [0.05, 0.1) is 18.3 Å². The summed E-state index contributed by atoms with van der Waals surface area (Å²) in [5, 5.41) is 7.73. The summed E-state index contributed by atoms with van der Waals surface area (Å²) >= 11 is 3.82. The molecule has 0 bridgehead atoms. The Kier molecular flexibility index (Phi) is 5.49. The van der Waals surface area contributed by atoms with Crippen LogP contribution < -0.4 is 10.6 Å². The summed E-state index contributed by atoms with van der Waals surface area (Å²) in [7, 11) is 0. The normalized spacial score (nSPS) is 12.1. The maximum absolute atomic E-state index is 13.2. The number of fused-ring (bicyclic) bond motifs is 1. The van der Waals surface area contributed by atoms with Gasteiger partial charge in [-0.05, 0) is 47.4 Å². The zero-order valence-corrected chi connectivity index (χ0v) is 16.2. The van der Waals surface area contributed by atoms with Gasteiger partial charge in [-0.25, -0.2) is 0 Å². The molecule has 0 radical (unpaired) electrons. The molecule has 6 nitrogen and oxygen atoms in total. The number of alkyl halides is 3. The number of nitrogens with zero attached hydrogens (tertiary/aromatic N) is 4. The van der Waals surface area contributed by atoms with Crippen LogP contribution in [0.1, 0.15) is 21.7 Å². The molecular formula is C15H16BrF3N6S. The molecule has 0 atom stereocenters. The van der Waals surface area contributed by atoms with Gasteiger partial charge in [0.2, 0.25) is 11.6 Å². The molecule has 0 aliphatic carbocycles. The number of thiophene rings is 1. The fourth-order valence-electron chi connectivity index (χ4n) is 2.49. The van der Waals surface area contributed by atoms with E-state index < -0.39 is 11.1 Å². The van der Waals surface area contributed by atoms with Gasteiger partial charge in [0.25, 0.3) is 0 Å². The maximum Gasteiger partial charge on any atom is 0.426 e. The first-order chi connectivity index (χ1) is 12.3. The summed E-state index contributed by atoms with van der Waals surface area (Å²) < 4.78 is 39.6. The van der Waals surface area contributed by atoms with Crippen molar-refractivity contribution >= 4 is 44.4 Å². The minimum Gasteiger partial charge on any atom is -0.337 e. The van der Waals surface area contributed by atoms with Gasteiger partial charge in [0.15, 0.2) is 0 Å². The number of halogens is 4. The van der Waals surface area contributed by atoms with E-state index in [1.165, 1.54) is 0 Å². The van der Waals surface area contributed by atoms with Crippen LogP contribution in [-0.4, -0.2) is 33.3 Å². The Labute approximate surface area is 159 Å². The third-order valence-corrected chi connectivity index (χ3v) is 6.43. The summed E-state index contributed by atoms with van der Waals surface area (Å²) in [6, 6.07) is 1.74. The first kappa shape index (κ1) is 19.1. The number of hydrogen-bond donors (Lipinski definition) is 2. The largest absolute Gasteiger partial charge is 0.426 e. The van der Waals surface area contributed by atoms with Crippen molar-refractivity contribution in [2.24, 2.45) is 5.73 Å². The van der Waals surface area contributed by atoms with E-state index in [0.29, 0.717) is 53.6 Å². The van der Waals surface area contributed by atoms with Crippen molar-refractivity contribution in [2.45, 2.75) is 26.1 Å². The van der Waals surface area contributed by atoms with Crippen LogP contribution >= 0.6 is 27.3 Å². The van der Waals surface area contributed by atoms with E-state index in [1.807, 2.05) is 4.90 Å². The average Bonchev–Trinajstić information content (AvgIpc) is 3.14. The maximum atomic E-state index is 13.2. The van der Waals surface area contributed by atoms with E-state index >= 15 is 0 Å². The standard InChI is InChI=1S/C15H16BrF3N6S/c1-8-10(26-12(11(8)16)15(17,18)19)7-25(6-2-4-20)14-22-9-3-5-21-24-13(9)23-14/h3,5H,2,4,6-7,20H2,1H3,(H,22,23,24). The van der Waals surface area contributed by atoms with Crippen LogP contribution in [0.5, 0.6) is 0 Å². The molecule has 0 unspecified atom stereocenters. The number of anilines is 1. The number of imidazole rings is 1. The first-order valence-electron chi connectivity index (χ1n) is 7.78. The molecule has 3 aromatic rings. The van der Waals surface area contributed by atoms with Crippen molar-refractivity contribution in [1.82, 2.24) is 20.2 Å². The van der Waals surface area contributed by atoms with Gasteiger partial charge in [-0.2, -0.15) is 23.3 Å². The highest BCUT2D eigenvalue weighted by atomic mass is 79.9. The Bertz CT molecular complexity index is 874. The van der Waals surface area contributed by atoms with Gasteiger partial charge in [0, 0.05) is 15.9 Å². The Hall–Kier alpha value is -1.72. The van der Waals surface area contributed by atoms with E-state index in [2.05, 4.69) is 36.1 Å². The number of nitrogens with two attached hydrogens (primary N) is 1. The summed E-state index contributed by atoms with van der Waals surface area (Å²) in [5.74, 6) is 0.534. The molecule has 140 valence electrons. The predicted octanol–water partition coefficient (Wildman–Crippen LogP) is 3.86. The molecule has 3 N–H and O–H groups in total. The fourth-order valence-corrected chi connectivity index (χ4v) is 4.41. The number of hydrogen-bond acceptors (Lipinski definition) is 6. The van der Waals surface area contributed by atoms with Crippen LogP contribution in [0.25, 0.3) is 11.2 Å². The van der Waals surface area contributed by atoms with E-state index in [9.17, 15) is 13.2 Å². The second-order valence-electron chi connectivity index (χ2n) is 5.68. The summed E-state index contributed by atoms with van der Waals surface area (Å²) in [6.07, 6.45) is -2.16. The molecule has 3 rings (SSSR count). The van der Waals surface area contributed by atoms with Crippen molar-refractivity contribution in [1.29, 1.82) is 0 Å². The van der Waals surface area contributed by atoms with Crippen LogP contribution in [0.3, 0.4) is 0 Å². The van der Waals surface area contributed by atoms with Crippen LogP contribution in [0.2, 0.25) is 0 Å². The number of nitrogens with one attached hydrogen (secondary N) is 1. The van der Waals surface area contributed by atoms with Gasteiger partial charge in [0.1, 0.15) is 4.88 Å². The monoisotopic (exact) mass is 448 g/mol. The molecule has 0 amide bonds. The molecular weight excluding hydrogens is 433 g/mol. The highest BCUT2D eigenvalue weighted by molar-refractivity contribution is 9.10. The second kappa shape index (κ2) is 7.49. The lowest BCUT2D eigenvalue weighted by atomic mass is 10.2. The zero-order valence-electron chi connectivity index (χ0n) is 13.8. The molecule has 11 heteroatoms. The smallest absolute Gasteiger partial charge is 0.337 e. The topological polar surface area (TPSA) is 83.7 Å². The predicted molar refractivity (Wildman–Crippen MR) is 98.2 cm³/mol. The molecule has 26 heavy (non-hydrogen) atoms. The lowest BCUT2D eigenvalue weighted by molar-refractivity contribution is -0.134. The molecule has 0 spiro atoms. The quantitative estimate of drug-likeness (QED) is 0.597. The number of aromatic amines is 1. The van der Waals surface area contributed by atoms with Gasteiger partial charge in [-0.1, -0.05) is 0 Å². The van der Waals surface area contributed by atoms with Crippen LogP contribution in [-0.2, 0) is 12.7 Å². The van der Waals surface area contributed by atoms with Crippen LogP contribution in [0, 0.1) is 6.92 Å². The number of aromatic nitrogens is 4. The Morgan fingerprint density at radius 2 is 2.15 bits per heavy atom. The summed E-state index contributed by atoms with van der Waals surface area (Å²) in [4.78, 5) is 9.40. The van der Waals surface area contributed by atoms with Crippen LogP contribution in [0.4, 0.5) is 19.1 Å². The molecule has 0 aliphatic rings. The van der Waals surface area contributed by atoms with Gasteiger partial charge in [-0.15, -0.1) is 16.4 Å². The fraction of sp³-hybridized carbons (Fsp3) is 0.400. The molecule has 3 aromatic heterocycles. The van der Waals surface area contributed by atoms with Crippen molar-refractivity contribution in [2.75, 3.05) is 18.0 Å². The minimum atomic E-state index is -4.39. The minimum absolute atomic E-state index is 0.0965. The number of rotatable bonds is 6. The Balaban J connectivity index is 1.94. The van der Waals surface area contributed by atoms with E-state index in [4.69, 9.17) is 5.73 Å². The van der Waals surface area contributed by atoms with Gasteiger partial charge < -0.3 is 15.6 Å². The molecule has 0 fully saturated rings. The molecule has 0 aliphatic heterocycles. The molecule has 0 saturated carbocycles. The molecule has 0 aromatic carbocycles. The second-order valence-corrected chi connectivity index (χ2v) is 7.58. The third kappa shape index (κ3) is 3.84. The summed E-state index contributed by atoms with van der Waals surface area (Å²) in [6.45, 7) is 2.99. The van der Waals surface area contributed by atoms with E-state index in [0.717, 1.165) is 11.3 Å². The lowest BCUT2D eigenvalue weighted by Crippen LogP contribution is -2.26. The zero-order chi connectivity index (χ0) is 18.9. The van der Waals surface area contributed by atoms with E-state index in [1.54, 1.807) is 19.2 Å². The third-order valence-electron chi connectivity index (χ3n) is 3.86. The van der Waals surface area contributed by atoms with Crippen LogP contribution in [0.15, 0.2) is 16.7 Å². The average molecular weight is 449 g/mol. The lowest BCUT2D eigenvalue weighted by Gasteiger charge is -2.21.